The van der Waals surface area contributed by atoms with E-state index in [1.54, 1.807) is 12.1 Å². The zero-order valence-corrected chi connectivity index (χ0v) is 20.5. The molecule has 4 aromatic rings. The third-order valence-corrected chi connectivity index (χ3v) is 7.38. The monoisotopic (exact) mass is 562 g/mol. The van der Waals surface area contributed by atoms with Crippen LogP contribution in [0.15, 0.2) is 47.4 Å². The van der Waals surface area contributed by atoms with E-state index in [0.717, 1.165) is 33.3 Å². The molecule has 0 radical (unpaired) electrons. The second kappa shape index (κ2) is 9.39. The molecule has 2 N–H and O–H groups in total. The molecule has 1 atom stereocenters. The predicted octanol–water partition coefficient (Wildman–Crippen LogP) is 6.26. The minimum atomic E-state index is -0.275. The van der Waals surface area contributed by atoms with Crippen molar-refractivity contribution in [1.82, 2.24) is 19.3 Å². The minimum Gasteiger partial charge on any atom is -0.353 e. The molecule has 6 nitrogen and oxygen atoms in total. The van der Waals surface area contributed by atoms with E-state index in [2.05, 4.69) is 47.9 Å². The molecule has 10 heteroatoms. The molecule has 0 saturated carbocycles. The summed E-state index contributed by atoms with van der Waals surface area (Å²) >= 11 is 3.78. The number of nitrogens with zero attached hydrogens (tertiary/aromatic N) is 4. The fourth-order valence-corrected chi connectivity index (χ4v) is 5.76. The van der Waals surface area contributed by atoms with Gasteiger partial charge in [-0.1, -0.05) is 12.0 Å². The van der Waals surface area contributed by atoms with Gasteiger partial charge in [-0.25, -0.2) is 19.3 Å². The lowest BCUT2D eigenvalue weighted by molar-refractivity contribution is 0.624. The lowest BCUT2D eigenvalue weighted by Gasteiger charge is -2.13. The number of imidazole rings is 1. The molecular formula is C21H17FIN6PS. The van der Waals surface area contributed by atoms with Gasteiger partial charge in [-0.15, -0.1) is 18.2 Å². The number of pyridine rings is 2. The van der Waals surface area contributed by atoms with E-state index >= 15 is 0 Å². The summed E-state index contributed by atoms with van der Waals surface area (Å²) in [7, 11) is 0. The van der Waals surface area contributed by atoms with E-state index in [0.29, 0.717) is 23.7 Å². The summed E-state index contributed by atoms with van der Waals surface area (Å²) in [5.41, 5.74) is 3.59. The van der Waals surface area contributed by atoms with E-state index in [1.807, 2.05) is 31.4 Å². The molecule has 1 aromatic carbocycles. The SMILES string of the molecule is C#Cc1cccc(Nc2cc(Nc3ccc(F)cc3SC)c3nc(C)n(PI)c3n2)n1. The molecule has 1 unspecified atom stereocenters. The van der Waals surface area contributed by atoms with Crippen molar-refractivity contribution in [1.29, 1.82) is 0 Å². The minimum absolute atomic E-state index is 0.275. The standard InChI is InChI=1S/C21H17FIN6PS/c1-4-14-6-5-7-18(25-14)27-19-11-16(20-21(28-19)29(30-23)12(2)24-20)26-15-9-8-13(22)10-17(15)31-3/h1,5-11,30H,2-3H3,(H2,25,26,27,28). The second-order valence-electron chi connectivity index (χ2n) is 6.45. The highest BCUT2D eigenvalue weighted by Gasteiger charge is 2.16. The summed E-state index contributed by atoms with van der Waals surface area (Å²) in [5.74, 6) is 4.32. The molecular weight excluding hydrogens is 545 g/mol. The van der Waals surface area contributed by atoms with E-state index in [1.165, 1.54) is 23.9 Å². The molecule has 0 fully saturated rings. The largest absolute Gasteiger partial charge is 0.353 e. The van der Waals surface area contributed by atoms with Crippen molar-refractivity contribution in [2.75, 3.05) is 16.9 Å². The van der Waals surface area contributed by atoms with Crippen molar-refractivity contribution in [3.8, 4) is 12.3 Å². The van der Waals surface area contributed by atoms with Gasteiger partial charge in [0.15, 0.2) is 5.65 Å². The van der Waals surface area contributed by atoms with E-state index in [-0.39, 0.29) is 5.82 Å². The number of aromatic nitrogens is 4. The molecule has 4 rings (SSSR count). The maximum absolute atomic E-state index is 13.7. The summed E-state index contributed by atoms with van der Waals surface area (Å²) in [5, 5.41) is 6.64. The normalized spacial score (nSPS) is 11.2. The Balaban J connectivity index is 1.82. The van der Waals surface area contributed by atoms with Gasteiger partial charge in [-0.3, -0.25) is 4.34 Å². The quantitative estimate of drug-likeness (QED) is 0.125. The Hall–Kier alpha value is -2.41. The molecule has 156 valence electrons. The summed E-state index contributed by atoms with van der Waals surface area (Å²) in [6.45, 7) is 1.95. The van der Waals surface area contributed by atoms with Crippen LogP contribution in [-0.2, 0) is 0 Å². The molecule has 0 aliphatic rings. The van der Waals surface area contributed by atoms with Crippen LogP contribution >= 0.6 is 40.2 Å². The fourth-order valence-electron chi connectivity index (χ4n) is 3.05. The van der Waals surface area contributed by atoms with E-state index < -0.39 is 0 Å². The first-order chi connectivity index (χ1) is 15.0. The number of rotatable bonds is 6. The summed E-state index contributed by atoms with van der Waals surface area (Å²) in [4.78, 5) is 14.7. The topological polar surface area (TPSA) is 67.7 Å². The lowest BCUT2D eigenvalue weighted by atomic mass is 10.2. The van der Waals surface area contributed by atoms with Crippen molar-refractivity contribution in [2.24, 2.45) is 0 Å². The van der Waals surface area contributed by atoms with Crippen LogP contribution in [0.2, 0.25) is 0 Å². The Labute approximate surface area is 198 Å². The first-order valence-corrected chi connectivity index (χ1v) is 14.4. The van der Waals surface area contributed by atoms with Gasteiger partial charge < -0.3 is 10.6 Å². The molecule has 0 aliphatic heterocycles. The summed E-state index contributed by atoms with van der Waals surface area (Å²) < 4.78 is 15.8. The fraction of sp³-hybridized carbons (Fsp3) is 0.0952. The highest BCUT2D eigenvalue weighted by atomic mass is 127. The average molecular weight is 562 g/mol. The van der Waals surface area contributed by atoms with Gasteiger partial charge in [0.2, 0.25) is 0 Å². The van der Waals surface area contributed by atoms with Crippen molar-refractivity contribution >= 4 is 74.4 Å². The molecule has 0 spiro atoms. The number of hydrogen-bond donors (Lipinski definition) is 2. The zero-order chi connectivity index (χ0) is 22.0. The summed E-state index contributed by atoms with van der Waals surface area (Å²) in [6, 6.07) is 12.0. The van der Waals surface area contributed by atoms with Gasteiger partial charge >= 0.3 is 0 Å². The van der Waals surface area contributed by atoms with Gasteiger partial charge in [0.1, 0.15) is 34.5 Å². The Morgan fingerprint density at radius 1 is 1.10 bits per heavy atom. The van der Waals surface area contributed by atoms with Crippen molar-refractivity contribution in [3.63, 3.8) is 0 Å². The Bertz CT molecular complexity index is 1320. The van der Waals surface area contributed by atoms with Crippen molar-refractivity contribution < 1.29 is 4.39 Å². The van der Waals surface area contributed by atoms with Crippen LogP contribution in [0.3, 0.4) is 0 Å². The van der Waals surface area contributed by atoms with Crippen LogP contribution in [-0.4, -0.2) is 25.5 Å². The number of anilines is 4. The maximum Gasteiger partial charge on any atom is 0.168 e. The number of aryl methyl sites for hydroxylation is 1. The molecule has 3 aromatic heterocycles. The number of thioether (sulfide) groups is 1. The smallest absolute Gasteiger partial charge is 0.168 e. The highest BCUT2D eigenvalue weighted by molar-refractivity contribution is 14.2. The molecule has 0 amide bonds. The predicted molar refractivity (Wildman–Crippen MR) is 137 cm³/mol. The van der Waals surface area contributed by atoms with E-state index in [4.69, 9.17) is 16.4 Å². The van der Waals surface area contributed by atoms with Gasteiger partial charge in [-0.2, -0.15) is 0 Å². The number of nitrogens with one attached hydrogen (secondary N) is 2. The average Bonchev–Trinajstić information content (AvgIpc) is 3.10. The van der Waals surface area contributed by atoms with E-state index in [9.17, 15) is 4.39 Å². The van der Waals surface area contributed by atoms with Crippen LogP contribution in [0.25, 0.3) is 11.2 Å². The zero-order valence-electron chi connectivity index (χ0n) is 16.6. The number of halogens is 2. The van der Waals surface area contributed by atoms with Crippen molar-refractivity contribution in [3.05, 3.63) is 59.8 Å². The van der Waals surface area contributed by atoms with Gasteiger partial charge in [-0.05, 0) is 65.6 Å². The van der Waals surface area contributed by atoms with Gasteiger partial charge in [0, 0.05) is 11.0 Å². The second-order valence-corrected chi connectivity index (χ2v) is 9.36. The first kappa shape index (κ1) is 21.8. The lowest BCUT2D eigenvalue weighted by Crippen LogP contribution is -2.01. The number of fused-ring (bicyclic) bond motifs is 1. The Morgan fingerprint density at radius 3 is 2.68 bits per heavy atom. The van der Waals surface area contributed by atoms with Crippen molar-refractivity contribution in [2.45, 2.75) is 11.8 Å². The molecule has 0 aliphatic carbocycles. The number of terminal acetylenes is 1. The van der Waals surface area contributed by atoms with Crippen LogP contribution in [0.4, 0.5) is 27.4 Å². The third-order valence-electron chi connectivity index (χ3n) is 4.45. The molecule has 31 heavy (non-hydrogen) atoms. The molecule has 3 heterocycles. The first-order valence-electron chi connectivity index (χ1n) is 9.10. The molecule has 0 saturated heterocycles. The number of benzene rings is 1. The summed E-state index contributed by atoms with van der Waals surface area (Å²) in [6.07, 6.45) is 7.82. The van der Waals surface area contributed by atoms with Crippen LogP contribution in [0.5, 0.6) is 0 Å². The van der Waals surface area contributed by atoms with Gasteiger partial charge in [0.25, 0.3) is 0 Å². The van der Waals surface area contributed by atoms with Crippen LogP contribution in [0, 0.1) is 25.1 Å². The highest BCUT2D eigenvalue weighted by Crippen LogP contribution is 2.37. The molecule has 0 bridgehead atoms. The van der Waals surface area contributed by atoms with Gasteiger partial charge in [0.05, 0.1) is 17.7 Å². The Morgan fingerprint density at radius 2 is 1.94 bits per heavy atom. The number of hydrogen-bond acceptors (Lipinski definition) is 6. The Kier molecular flexibility index (Phi) is 6.60. The van der Waals surface area contributed by atoms with Crippen LogP contribution in [0.1, 0.15) is 11.5 Å². The maximum atomic E-state index is 13.7. The third kappa shape index (κ3) is 4.61. The van der Waals surface area contributed by atoms with Crippen LogP contribution < -0.4 is 10.6 Å².